The van der Waals surface area contributed by atoms with E-state index in [0.717, 1.165) is 11.6 Å². The van der Waals surface area contributed by atoms with Crippen molar-refractivity contribution in [2.24, 2.45) is 0 Å². The van der Waals surface area contributed by atoms with E-state index in [4.69, 9.17) is 10.5 Å². The smallest absolute Gasteiger partial charge is 0.418 e. The molecular formula is C20H15BrF4N6O2. The fourth-order valence-electron chi connectivity index (χ4n) is 3.21. The van der Waals surface area contributed by atoms with E-state index in [-0.39, 0.29) is 41.6 Å². The average molecular weight is 527 g/mol. The molecule has 0 saturated heterocycles. The Morgan fingerprint density at radius 1 is 1.12 bits per heavy atom. The maximum atomic E-state index is 13.6. The zero-order valence-corrected chi connectivity index (χ0v) is 18.2. The van der Waals surface area contributed by atoms with Gasteiger partial charge in [-0.1, -0.05) is 24.3 Å². The highest BCUT2D eigenvalue weighted by atomic mass is 79.9. The van der Waals surface area contributed by atoms with Crippen LogP contribution in [0.5, 0.6) is 5.88 Å². The lowest BCUT2D eigenvalue weighted by molar-refractivity contribution is -0.139. The van der Waals surface area contributed by atoms with Gasteiger partial charge in [-0.2, -0.15) is 27.5 Å². The molecule has 8 nitrogen and oxygen atoms in total. The molecule has 0 bridgehead atoms. The van der Waals surface area contributed by atoms with Crippen molar-refractivity contribution in [1.29, 1.82) is 0 Å². The lowest BCUT2D eigenvalue weighted by Crippen LogP contribution is -2.11. The predicted octanol–water partition coefficient (Wildman–Crippen LogP) is 3.84. The van der Waals surface area contributed by atoms with Gasteiger partial charge in [-0.3, -0.25) is 4.57 Å². The van der Waals surface area contributed by atoms with E-state index in [1.165, 1.54) is 0 Å². The highest BCUT2D eigenvalue weighted by Gasteiger charge is 2.34. The molecule has 0 amide bonds. The van der Waals surface area contributed by atoms with Crippen molar-refractivity contribution in [3.05, 3.63) is 69.6 Å². The number of rotatable bonds is 6. The standard InChI is InChI=1S/C20H15BrF4N6O2/c21-18-28-15-16(26)29-19(22)30-17(15)31(18)7-10-2-1-3-11(4-10)9-33-14-5-12(8-32)13(6-27-14)20(23,24)25/h1-6,32H,7-9H2,(H2,26,29,30). The Morgan fingerprint density at radius 2 is 1.88 bits per heavy atom. The molecule has 4 aromatic rings. The Kier molecular flexibility index (Phi) is 6.17. The van der Waals surface area contributed by atoms with Gasteiger partial charge in [0.15, 0.2) is 21.7 Å². The predicted molar refractivity (Wildman–Crippen MR) is 112 cm³/mol. The van der Waals surface area contributed by atoms with Crippen LogP contribution in [0.15, 0.2) is 41.3 Å². The highest BCUT2D eigenvalue weighted by Crippen LogP contribution is 2.33. The molecule has 1 aromatic carbocycles. The molecule has 0 aliphatic rings. The van der Waals surface area contributed by atoms with Crippen molar-refractivity contribution in [1.82, 2.24) is 24.5 Å². The number of nitrogens with two attached hydrogens (primary N) is 1. The number of nitrogens with zero attached hydrogens (tertiary/aromatic N) is 5. The number of aliphatic hydroxyl groups excluding tert-OH is 1. The summed E-state index contributed by atoms with van der Waals surface area (Å²) in [6, 6.07) is 8.21. The summed E-state index contributed by atoms with van der Waals surface area (Å²) in [5, 5.41) is 9.25. The Morgan fingerprint density at radius 3 is 2.61 bits per heavy atom. The Bertz CT molecular complexity index is 1330. The monoisotopic (exact) mass is 526 g/mol. The van der Waals surface area contributed by atoms with E-state index in [1.54, 1.807) is 22.8 Å². The number of benzene rings is 1. The second kappa shape index (κ2) is 8.90. The van der Waals surface area contributed by atoms with Crippen LogP contribution in [0.4, 0.5) is 23.4 Å². The molecule has 0 radical (unpaired) electrons. The zero-order valence-electron chi connectivity index (χ0n) is 16.6. The summed E-state index contributed by atoms with van der Waals surface area (Å²) >= 11 is 3.31. The molecular weight excluding hydrogens is 512 g/mol. The second-order valence-corrected chi connectivity index (χ2v) is 7.67. The van der Waals surface area contributed by atoms with Gasteiger partial charge in [0.2, 0.25) is 5.88 Å². The molecule has 0 aliphatic heterocycles. The number of ether oxygens (including phenoxy) is 1. The largest absolute Gasteiger partial charge is 0.473 e. The minimum absolute atomic E-state index is 0.0205. The van der Waals surface area contributed by atoms with E-state index in [2.05, 4.69) is 35.9 Å². The summed E-state index contributed by atoms with van der Waals surface area (Å²) in [5.41, 5.74) is 6.36. The molecule has 3 N–H and O–H groups in total. The van der Waals surface area contributed by atoms with Gasteiger partial charge >= 0.3 is 12.3 Å². The van der Waals surface area contributed by atoms with Crippen LogP contribution in [-0.4, -0.2) is 29.6 Å². The minimum Gasteiger partial charge on any atom is -0.473 e. The van der Waals surface area contributed by atoms with E-state index in [0.29, 0.717) is 16.5 Å². The maximum Gasteiger partial charge on any atom is 0.418 e. The first-order valence-corrected chi connectivity index (χ1v) is 10.2. The van der Waals surface area contributed by atoms with Crippen LogP contribution in [0, 0.1) is 6.08 Å². The summed E-state index contributed by atoms with van der Waals surface area (Å²) in [4.78, 5) is 15.1. The van der Waals surface area contributed by atoms with Crippen molar-refractivity contribution < 1.29 is 27.4 Å². The maximum absolute atomic E-state index is 13.6. The summed E-state index contributed by atoms with van der Waals surface area (Å²) < 4.78 is 60.0. The molecule has 3 aromatic heterocycles. The molecule has 13 heteroatoms. The molecule has 0 unspecified atom stereocenters. The van der Waals surface area contributed by atoms with Gasteiger partial charge in [0, 0.05) is 12.3 Å². The van der Waals surface area contributed by atoms with Crippen LogP contribution in [-0.2, 0) is 25.9 Å². The number of alkyl halides is 3. The topological polar surface area (TPSA) is 112 Å². The number of pyridine rings is 1. The van der Waals surface area contributed by atoms with Gasteiger partial charge in [0.25, 0.3) is 0 Å². The molecule has 0 fully saturated rings. The van der Waals surface area contributed by atoms with Crippen molar-refractivity contribution in [3.8, 4) is 5.88 Å². The Balaban J connectivity index is 1.53. The number of aromatic nitrogens is 5. The van der Waals surface area contributed by atoms with Crippen LogP contribution in [0.2, 0.25) is 0 Å². The number of nitrogen functional groups attached to an aromatic ring is 1. The first-order chi connectivity index (χ1) is 15.7. The molecule has 0 aliphatic carbocycles. The van der Waals surface area contributed by atoms with E-state index >= 15 is 0 Å². The number of fused-ring (bicyclic) bond motifs is 1. The number of aliphatic hydroxyl groups is 1. The molecule has 0 spiro atoms. The summed E-state index contributed by atoms with van der Waals surface area (Å²) in [6.07, 6.45) is -4.96. The molecule has 4 rings (SSSR count). The number of anilines is 1. The van der Waals surface area contributed by atoms with Crippen LogP contribution < -0.4 is 10.5 Å². The lowest BCUT2D eigenvalue weighted by atomic mass is 10.1. The van der Waals surface area contributed by atoms with Crippen molar-refractivity contribution in [2.75, 3.05) is 5.73 Å². The van der Waals surface area contributed by atoms with Crippen LogP contribution in [0.3, 0.4) is 0 Å². The molecule has 172 valence electrons. The zero-order chi connectivity index (χ0) is 23.8. The molecule has 33 heavy (non-hydrogen) atoms. The third kappa shape index (κ3) is 4.88. The van der Waals surface area contributed by atoms with Crippen LogP contribution in [0.25, 0.3) is 11.2 Å². The third-order valence-electron chi connectivity index (χ3n) is 4.71. The normalized spacial score (nSPS) is 11.8. The average Bonchev–Trinajstić information content (AvgIpc) is 3.07. The van der Waals surface area contributed by atoms with Crippen molar-refractivity contribution >= 4 is 32.9 Å². The van der Waals surface area contributed by atoms with Gasteiger partial charge in [0.05, 0.1) is 18.7 Å². The molecule has 0 saturated carbocycles. The summed E-state index contributed by atoms with van der Waals surface area (Å²) in [6.45, 7) is -0.508. The van der Waals surface area contributed by atoms with Gasteiger partial charge in [0.1, 0.15) is 6.61 Å². The number of hydrogen-bond donors (Lipinski definition) is 2. The Labute approximate surface area is 192 Å². The Hall–Kier alpha value is -3.32. The quantitative estimate of drug-likeness (QED) is 0.223. The third-order valence-corrected chi connectivity index (χ3v) is 5.31. The highest BCUT2D eigenvalue weighted by molar-refractivity contribution is 9.10. The number of hydrogen-bond acceptors (Lipinski definition) is 7. The summed E-state index contributed by atoms with van der Waals surface area (Å²) in [7, 11) is 0. The van der Waals surface area contributed by atoms with Gasteiger partial charge < -0.3 is 15.6 Å². The second-order valence-electron chi connectivity index (χ2n) is 6.96. The van der Waals surface area contributed by atoms with Gasteiger partial charge in [-0.05, 0) is 32.6 Å². The summed E-state index contributed by atoms with van der Waals surface area (Å²) in [5.74, 6) is -0.131. The van der Waals surface area contributed by atoms with Crippen molar-refractivity contribution in [3.63, 3.8) is 0 Å². The first-order valence-electron chi connectivity index (χ1n) is 9.38. The SMILES string of the molecule is Nc1nc(F)nc2c1nc(Br)n2Cc1cccc(COc2cc(CO)c(C(F)(F)F)cn2)c1. The van der Waals surface area contributed by atoms with E-state index in [1.807, 2.05) is 6.07 Å². The lowest BCUT2D eigenvalue weighted by Gasteiger charge is -2.13. The number of halogens is 5. The fraction of sp³-hybridized carbons (Fsp3) is 0.200. The van der Waals surface area contributed by atoms with Crippen LogP contribution in [0.1, 0.15) is 22.3 Å². The minimum atomic E-state index is -4.62. The van der Waals surface area contributed by atoms with Crippen LogP contribution >= 0.6 is 15.9 Å². The van der Waals surface area contributed by atoms with Gasteiger partial charge in [-0.15, -0.1) is 0 Å². The van der Waals surface area contributed by atoms with Crippen molar-refractivity contribution in [2.45, 2.75) is 25.9 Å². The first kappa shape index (κ1) is 22.9. The van der Waals surface area contributed by atoms with Gasteiger partial charge in [-0.25, -0.2) is 9.97 Å². The van der Waals surface area contributed by atoms with E-state index in [9.17, 15) is 22.7 Å². The fourth-order valence-corrected chi connectivity index (χ4v) is 3.68. The number of imidazole rings is 1. The molecule has 0 atom stereocenters. The molecule has 3 heterocycles. The van der Waals surface area contributed by atoms with E-state index < -0.39 is 24.4 Å².